The van der Waals surface area contributed by atoms with Crippen LogP contribution in [0.1, 0.15) is 23.3 Å². The van der Waals surface area contributed by atoms with Gasteiger partial charge >= 0.3 is 0 Å². The van der Waals surface area contributed by atoms with Gasteiger partial charge in [-0.1, -0.05) is 0 Å². The third-order valence-corrected chi connectivity index (χ3v) is 3.79. The fourth-order valence-electron chi connectivity index (χ4n) is 1.83. The first-order valence-corrected chi connectivity index (χ1v) is 6.50. The van der Waals surface area contributed by atoms with Crippen LogP contribution in [0.2, 0.25) is 0 Å². The van der Waals surface area contributed by atoms with Crippen LogP contribution in [-0.4, -0.2) is 33.2 Å². The number of thioether (sulfide) groups is 1. The van der Waals surface area contributed by atoms with Gasteiger partial charge in [-0.3, -0.25) is 9.48 Å². The van der Waals surface area contributed by atoms with Crippen LogP contribution in [0.4, 0.5) is 5.69 Å². The van der Waals surface area contributed by atoms with Crippen LogP contribution in [0.5, 0.6) is 0 Å². The molecular formula is C10H16N4OS. The summed E-state index contributed by atoms with van der Waals surface area (Å²) in [5, 5.41) is 6.97. The quantitative estimate of drug-likeness (QED) is 0.795. The molecule has 1 saturated heterocycles. The molecule has 1 aliphatic heterocycles. The van der Waals surface area contributed by atoms with Gasteiger partial charge in [-0.05, 0) is 24.3 Å². The summed E-state index contributed by atoms with van der Waals surface area (Å²) in [5.74, 6) is 2.12. The molecule has 0 radical (unpaired) electrons. The van der Waals surface area contributed by atoms with E-state index < -0.39 is 0 Å². The van der Waals surface area contributed by atoms with E-state index in [4.69, 9.17) is 5.73 Å². The largest absolute Gasteiger partial charge is 0.396 e. The number of anilines is 1. The maximum atomic E-state index is 12.0. The van der Waals surface area contributed by atoms with E-state index in [1.807, 2.05) is 11.8 Å². The smallest absolute Gasteiger partial charge is 0.271 e. The number of aryl methyl sites for hydroxylation is 1. The SMILES string of the molecule is Cn1ncc(N)c1C(=O)NC1CCSCC1. The van der Waals surface area contributed by atoms with Crippen LogP contribution in [0.15, 0.2) is 6.20 Å². The summed E-state index contributed by atoms with van der Waals surface area (Å²) in [5.41, 5.74) is 6.59. The second-order valence-corrected chi connectivity index (χ2v) is 5.16. The van der Waals surface area contributed by atoms with Crippen LogP contribution >= 0.6 is 11.8 Å². The molecule has 0 unspecified atom stereocenters. The number of carbonyl (C=O) groups is 1. The van der Waals surface area contributed by atoms with Crippen LogP contribution in [-0.2, 0) is 7.05 Å². The molecule has 0 atom stereocenters. The van der Waals surface area contributed by atoms with Gasteiger partial charge in [0.1, 0.15) is 5.69 Å². The van der Waals surface area contributed by atoms with Crippen molar-refractivity contribution in [1.29, 1.82) is 0 Å². The molecule has 1 amide bonds. The summed E-state index contributed by atoms with van der Waals surface area (Å²) in [6, 6.07) is 0.281. The van der Waals surface area contributed by atoms with Crippen molar-refractivity contribution in [2.24, 2.45) is 7.05 Å². The number of amides is 1. The molecule has 0 aliphatic carbocycles. The Labute approximate surface area is 98.8 Å². The Hall–Kier alpha value is -1.17. The molecule has 1 aromatic heterocycles. The van der Waals surface area contributed by atoms with E-state index in [1.54, 1.807) is 7.05 Å². The van der Waals surface area contributed by atoms with Crippen molar-refractivity contribution in [2.45, 2.75) is 18.9 Å². The Bertz CT molecular complexity index is 365. The van der Waals surface area contributed by atoms with E-state index in [9.17, 15) is 4.79 Å². The normalized spacial score (nSPS) is 17.3. The van der Waals surface area contributed by atoms with Crippen molar-refractivity contribution in [2.75, 3.05) is 17.2 Å². The van der Waals surface area contributed by atoms with Gasteiger partial charge in [-0.2, -0.15) is 16.9 Å². The van der Waals surface area contributed by atoms with Gasteiger partial charge in [0.2, 0.25) is 0 Å². The first-order chi connectivity index (χ1) is 7.68. The van der Waals surface area contributed by atoms with Crippen LogP contribution in [0.25, 0.3) is 0 Å². The minimum Gasteiger partial charge on any atom is -0.396 e. The van der Waals surface area contributed by atoms with Crippen molar-refractivity contribution in [1.82, 2.24) is 15.1 Å². The van der Waals surface area contributed by atoms with Crippen LogP contribution < -0.4 is 11.1 Å². The van der Waals surface area contributed by atoms with Gasteiger partial charge in [0.15, 0.2) is 0 Å². The van der Waals surface area contributed by atoms with Gasteiger partial charge in [-0.15, -0.1) is 0 Å². The Morgan fingerprint density at radius 3 is 2.88 bits per heavy atom. The first-order valence-electron chi connectivity index (χ1n) is 5.34. The number of hydrogen-bond donors (Lipinski definition) is 2. The van der Waals surface area contributed by atoms with E-state index in [0.717, 1.165) is 24.3 Å². The predicted molar refractivity (Wildman–Crippen MR) is 65.4 cm³/mol. The summed E-state index contributed by atoms with van der Waals surface area (Å²) in [6.07, 6.45) is 3.58. The van der Waals surface area contributed by atoms with Gasteiger partial charge in [-0.25, -0.2) is 0 Å². The lowest BCUT2D eigenvalue weighted by Crippen LogP contribution is -2.38. The Morgan fingerprint density at radius 1 is 1.62 bits per heavy atom. The third kappa shape index (κ3) is 2.32. The summed E-state index contributed by atoms with van der Waals surface area (Å²) in [7, 11) is 1.72. The van der Waals surface area contributed by atoms with E-state index in [2.05, 4.69) is 10.4 Å². The predicted octanol–water partition coefficient (Wildman–Crippen LogP) is 0.628. The lowest BCUT2D eigenvalue weighted by atomic mass is 10.1. The molecule has 2 heterocycles. The van der Waals surface area contributed by atoms with Crippen molar-refractivity contribution < 1.29 is 4.79 Å². The summed E-state index contributed by atoms with van der Waals surface area (Å²) < 4.78 is 1.52. The van der Waals surface area contributed by atoms with Crippen molar-refractivity contribution in [3.8, 4) is 0 Å². The molecule has 0 aromatic carbocycles. The molecule has 0 spiro atoms. The van der Waals surface area contributed by atoms with Crippen LogP contribution in [0.3, 0.4) is 0 Å². The molecule has 88 valence electrons. The van der Waals surface area contributed by atoms with Gasteiger partial charge < -0.3 is 11.1 Å². The maximum absolute atomic E-state index is 12.0. The van der Waals surface area contributed by atoms with E-state index in [-0.39, 0.29) is 11.9 Å². The fourth-order valence-corrected chi connectivity index (χ4v) is 2.93. The van der Waals surface area contributed by atoms with E-state index in [0.29, 0.717) is 11.4 Å². The minimum atomic E-state index is -0.116. The topological polar surface area (TPSA) is 72.9 Å². The van der Waals surface area contributed by atoms with Crippen molar-refractivity contribution >= 4 is 23.4 Å². The zero-order valence-electron chi connectivity index (χ0n) is 9.27. The molecule has 5 nitrogen and oxygen atoms in total. The highest BCUT2D eigenvalue weighted by Gasteiger charge is 2.20. The molecular weight excluding hydrogens is 224 g/mol. The van der Waals surface area contributed by atoms with Gasteiger partial charge in [0.25, 0.3) is 5.91 Å². The highest BCUT2D eigenvalue weighted by molar-refractivity contribution is 7.99. The lowest BCUT2D eigenvalue weighted by molar-refractivity contribution is 0.0926. The summed E-state index contributed by atoms with van der Waals surface area (Å²) in [4.78, 5) is 12.0. The third-order valence-electron chi connectivity index (χ3n) is 2.74. The Balaban J connectivity index is 2.02. The second-order valence-electron chi connectivity index (χ2n) is 3.93. The molecule has 1 aliphatic rings. The average molecular weight is 240 g/mol. The maximum Gasteiger partial charge on any atom is 0.271 e. The van der Waals surface area contributed by atoms with Crippen LogP contribution in [0, 0.1) is 0 Å². The molecule has 16 heavy (non-hydrogen) atoms. The molecule has 0 bridgehead atoms. The molecule has 1 fully saturated rings. The number of rotatable bonds is 2. The van der Waals surface area contributed by atoms with Gasteiger partial charge in [0, 0.05) is 13.1 Å². The number of carbonyl (C=O) groups excluding carboxylic acids is 1. The molecule has 6 heteroatoms. The zero-order valence-corrected chi connectivity index (χ0v) is 10.1. The standard InChI is InChI=1S/C10H16N4OS/c1-14-9(8(11)6-12-14)10(15)13-7-2-4-16-5-3-7/h6-7H,2-5,11H2,1H3,(H,13,15). The molecule has 3 N–H and O–H groups in total. The van der Waals surface area contributed by atoms with Crippen molar-refractivity contribution in [3.05, 3.63) is 11.9 Å². The molecule has 1 aromatic rings. The first kappa shape index (κ1) is 11.3. The summed E-state index contributed by atoms with van der Waals surface area (Å²) >= 11 is 1.94. The number of nitrogens with zero attached hydrogens (tertiary/aromatic N) is 2. The van der Waals surface area contributed by atoms with E-state index in [1.165, 1.54) is 10.9 Å². The Morgan fingerprint density at radius 2 is 2.31 bits per heavy atom. The summed E-state index contributed by atoms with van der Waals surface area (Å²) in [6.45, 7) is 0. The lowest BCUT2D eigenvalue weighted by Gasteiger charge is -2.22. The highest BCUT2D eigenvalue weighted by atomic mass is 32.2. The molecule has 2 rings (SSSR count). The zero-order chi connectivity index (χ0) is 11.5. The number of hydrogen-bond acceptors (Lipinski definition) is 4. The number of nitrogens with one attached hydrogen (secondary N) is 1. The van der Waals surface area contributed by atoms with E-state index >= 15 is 0 Å². The minimum absolute atomic E-state index is 0.116. The average Bonchev–Trinajstić information content (AvgIpc) is 2.60. The van der Waals surface area contributed by atoms with Gasteiger partial charge in [0.05, 0.1) is 11.9 Å². The highest BCUT2D eigenvalue weighted by Crippen LogP contribution is 2.18. The molecule has 0 saturated carbocycles. The number of aromatic nitrogens is 2. The fraction of sp³-hybridized carbons (Fsp3) is 0.600. The monoisotopic (exact) mass is 240 g/mol. The Kier molecular flexibility index (Phi) is 3.38. The number of nitrogen functional groups attached to an aromatic ring is 1. The second kappa shape index (κ2) is 4.78. The number of nitrogens with two attached hydrogens (primary N) is 1. The van der Waals surface area contributed by atoms with Crippen molar-refractivity contribution in [3.63, 3.8) is 0 Å².